The van der Waals surface area contributed by atoms with E-state index in [2.05, 4.69) is 19.8 Å². The molecule has 0 aliphatic heterocycles. The number of nitrogens with one attached hydrogen (secondary N) is 1. The van der Waals surface area contributed by atoms with Gasteiger partial charge < -0.3 is 8.94 Å². The molecule has 0 atom stereocenters. The lowest BCUT2D eigenvalue weighted by Crippen LogP contribution is -2.26. The SMILES string of the molecule is Cc1noc(-c2ccc(S(=O)(=O)NCCc3nc(C)c4c(n3)CCCC4)o2)c1C. The van der Waals surface area contributed by atoms with Crippen molar-refractivity contribution in [3.05, 3.63) is 46.2 Å². The zero-order chi connectivity index (χ0) is 20.6. The first kappa shape index (κ1) is 19.8. The molecule has 0 amide bonds. The average molecular weight is 417 g/mol. The van der Waals surface area contributed by atoms with E-state index >= 15 is 0 Å². The fraction of sp³-hybridized carbons (Fsp3) is 0.450. The minimum absolute atomic E-state index is 0.163. The highest BCUT2D eigenvalue weighted by atomic mass is 32.2. The normalized spacial score (nSPS) is 14.2. The molecule has 0 aromatic carbocycles. The van der Waals surface area contributed by atoms with Gasteiger partial charge in [0.05, 0.1) is 5.69 Å². The van der Waals surface area contributed by atoms with Crippen LogP contribution in [0, 0.1) is 20.8 Å². The van der Waals surface area contributed by atoms with Gasteiger partial charge >= 0.3 is 0 Å². The Balaban J connectivity index is 1.44. The molecule has 1 N–H and O–H groups in total. The number of rotatable bonds is 6. The summed E-state index contributed by atoms with van der Waals surface area (Å²) in [5, 5.41) is 3.71. The van der Waals surface area contributed by atoms with E-state index in [1.165, 1.54) is 18.1 Å². The van der Waals surface area contributed by atoms with Gasteiger partial charge in [-0.3, -0.25) is 0 Å². The zero-order valence-corrected chi connectivity index (χ0v) is 17.6. The van der Waals surface area contributed by atoms with E-state index in [0.717, 1.165) is 41.9 Å². The van der Waals surface area contributed by atoms with Crippen molar-refractivity contribution in [2.45, 2.75) is 58.0 Å². The standard InChI is InChI=1S/C20H24N4O4S/c1-12-13(2)24-28-20(12)17-8-9-19(27-17)29(25,26)21-11-10-18-22-14(3)15-6-4-5-7-16(15)23-18/h8-9,21H,4-7,10-11H2,1-3H3. The molecule has 0 saturated carbocycles. The first-order valence-corrected chi connectivity index (χ1v) is 11.2. The van der Waals surface area contributed by atoms with Crippen molar-refractivity contribution in [3.8, 4) is 11.5 Å². The molecule has 29 heavy (non-hydrogen) atoms. The highest BCUT2D eigenvalue weighted by Gasteiger charge is 2.22. The summed E-state index contributed by atoms with van der Waals surface area (Å²) < 4.78 is 38.4. The van der Waals surface area contributed by atoms with Crippen LogP contribution in [0.1, 0.15) is 46.9 Å². The minimum Gasteiger partial charge on any atom is -0.440 e. The van der Waals surface area contributed by atoms with Crippen LogP contribution in [-0.2, 0) is 29.3 Å². The summed E-state index contributed by atoms with van der Waals surface area (Å²) in [4.78, 5) is 9.18. The van der Waals surface area contributed by atoms with Crippen LogP contribution >= 0.6 is 0 Å². The van der Waals surface area contributed by atoms with Gasteiger partial charge in [0.1, 0.15) is 5.82 Å². The summed E-state index contributed by atoms with van der Waals surface area (Å²) in [7, 11) is -3.79. The summed E-state index contributed by atoms with van der Waals surface area (Å²) in [5.41, 5.74) is 4.91. The molecule has 1 aliphatic carbocycles. The molecule has 0 spiro atoms. The largest absolute Gasteiger partial charge is 0.440 e. The number of hydrogen-bond acceptors (Lipinski definition) is 7. The summed E-state index contributed by atoms with van der Waals surface area (Å²) >= 11 is 0. The van der Waals surface area contributed by atoms with E-state index in [-0.39, 0.29) is 11.6 Å². The third kappa shape index (κ3) is 3.97. The van der Waals surface area contributed by atoms with Crippen LogP contribution in [0.25, 0.3) is 11.5 Å². The number of sulfonamides is 1. The van der Waals surface area contributed by atoms with Crippen molar-refractivity contribution in [2.24, 2.45) is 0 Å². The van der Waals surface area contributed by atoms with Gasteiger partial charge in [0.25, 0.3) is 10.0 Å². The van der Waals surface area contributed by atoms with Gasteiger partial charge in [-0.05, 0) is 64.2 Å². The molecule has 3 aromatic rings. The summed E-state index contributed by atoms with van der Waals surface area (Å²) in [6.07, 6.45) is 4.72. The van der Waals surface area contributed by atoms with Gasteiger partial charge in [-0.1, -0.05) is 5.16 Å². The van der Waals surface area contributed by atoms with Crippen LogP contribution in [0.15, 0.2) is 26.2 Å². The fourth-order valence-electron chi connectivity index (χ4n) is 3.56. The van der Waals surface area contributed by atoms with Gasteiger partial charge in [-0.15, -0.1) is 0 Å². The Morgan fingerprint density at radius 3 is 2.62 bits per heavy atom. The zero-order valence-electron chi connectivity index (χ0n) is 16.8. The Labute approximate surface area is 169 Å². The van der Waals surface area contributed by atoms with E-state index < -0.39 is 10.0 Å². The molecule has 0 bridgehead atoms. The van der Waals surface area contributed by atoms with Gasteiger partial charge in [0.15, 0.2) is 5.76 Å². The number of hydrogen-bond donors (Lipinski definition) is 1. The summed E-state index contributed by atoms with van der Waals surface area (Å²) in [6.45, 7) is 5.85. The molecule has 0 fully saturated rings. The topological polar surface area (TPSA) is 111 Å². The van der Waals surface area contributed by atoms with Crippen LogP contribution < -0.4 is 4.72 Å². The van der Waals surface area contributed by atoms with Crippen LogP contribution in [-0.4, -0.2) is 30.1 Å². The number of furan rings is 1. The predicted octanol–water partition coefficient (Wildman–Crippen LogP) is 3.05. The highest BCUT2D eigenvalue weighted by Crippen LogP contribution is 2.28. The van der Waals surface area contributed by atoms with Crippen molar-refractivity contribution < 1.29 is 17.4 Å². The Bertz CT molecular complexity index is 1150. The van der Waals surface area contributed by atoms with Gasteiger partial charge in [0.2, 0.25) is 10.9 Å². The number of fused-ring (bicyclic) bond motifs is 1. The average Bonchev–Trinajstić information content (AvgIpc) is 3.30. The molecule has 154 valence electrons. The fourth-order valence-corrected chi connectivity index (χ4v) is 4.52. The van der Waals surface area contributed by atoms with Crippen molar-refractivity contribution >= 4 is 10.0 Å². The third-order valence-electron chi connectivity index (χ3n) is 5.30. The molecule has 3 aromatic heterocycles. The van der Waals surface area contributed by atoms with E-state index in [4.69, 9.17) is 8.94 Å². The molecule has 9 heteroatoms. The Kier molecular flexibility index (Phi) is 5.26. The summed E-state index contributed by atoms with van der Waals surface area (Å²) in [5.74, 6) is 1.43. The van der Waals surface area contributed by atoms with Crippen LogP contribution in [0.4, 0.5) is 0 Å². The molecular weight excluding hydrogens is 392 g/mol. The monoisotopic (exact) mass is 416 g/mol. The highest BCUT2D eigenvalue weighted by molar-refractivity contribution is 7.89. The molecule has 0 radical (unpaired) electrons. The van der Waals surface area contributed by atoms with Crippen LogP contribution in [0.5, 0.6) is 0 Å². The molecule has 0 saturated heterocycles. The van der Waals surface area contributed by atoms with Crippen molar-refractivity contribution in [2.75, 3.05) is 6.54 Å². The lowest BCUT2D eigenvalue weighted by Gasteiger charge is -2.17. The molecule has 3 heterocycles. The number of nitrogens with zero attached hydrogens (tertiary/aromatic N) is 3. The van der Waals surface area contributed by atoms with Gasteiger partial charge in [-0.25, -0.2) is 23.1 Å². The second kappa shape index (κ2) is 7.72. The Morgan fingerprint density at radius 1 is 1.07 bits per heavy atom. The quantitative estimate of drug-likeness (QED) is 0.657. The Hall–Kier alpha value is -2.52. The molecule has 1 aliphatic rings. The lowest BCUT2D eigenvalue weighted by atomic mass is 9.95. The maximum atomic E-state index is 12.6. The smallest absolute Gasteiger partial charge is 0.273 e. The first-order chi connectivity index (χ1) is 13.8. The minimum atomic E-state index is -3.79. The van der Waals surface area contributed by atoms with E-state index in [1.54, 1.807) is 6.07 Å². The molecule has 4 rings (SSSR count). The van der Waals surface area contributed by atoms with Crippen molar-refractivity contribution in [1.82, 2.24) is 19.8 Å². The lowest BCUT2D eigenvalue weighted by molar-refractivity contribution is 0.397. The molecule has 0 unspecified atom stereocenters. The van der Waals surface area contributed by atoms with Crippen molar-refractivity contribution in [3.63, 3.8) is 0 Å². The number of aryl methyl sites for hydroxylation is 3. The molecule has 8 nitrogen and oxygen atoms in total. The van der Waals surface area contributed by atoms with E-state index in [0.29, 0.717) is 23.8 Å². The summed E-state index contributed by atoms with van der Waals surface area (Å²) in [6, 6.07) is 2.98. The van der Waals surface area contributed by atoms with Crippen molar-refractivity contribution in [1.29, 1.82) is 0 Å². The predicted molar refractivity (Wildman–Crippen MR) is 106 cm³/mol. The van der Waals surface area contributed by atoms with Gasteiger partial charge in [0, 0.05) is 29.9 Å². The van der Waals surface area contributed by atoms with Crippen LogP contribution in [0.2, 0.25) is 0 Å². The first-order valence-electron chi connectivity index (χ1n) is 9.73. The molecular formula is C20H24N4O4S. The van der Waals surface area contributed by atoms with Crippen LogP contribution in [0.3, 0.4) is 0 Å². The maximum Gasteiger partial charge on any atom is 0.273 e. The third-order valence-corrected chi connectivity index (χ3v) is 6.64. The second-order valence-electron chi connectivity index (χ2n) is 7.35. The van der Waals surface area contributed by atoms with Gasteiger partial charge in [-0.2, -0.15) is 0 Å². The van der Waals surface area contributed by atoms with E-state index in [1.807, 2.05) is 20.8 Å². The van der Waals surface area contributed by atoms with E-state index in [9.17, 15) is 8.42 Å². The second-order valence-corrected chi connectivity index (χ2v) is 9.04. The maximum absolute atomic E-state index is 12.6. The Morgan fingerprint density at radius 2 is 1.86 bits per heavy atom. The number of aromatic nitrogens is 3.